The van der Waals surface area contributed by atoms with Crippen molar-refractivity contribution >= 4 is 89.0 Å². The number of benzene rings is 4. The van der Waals surface area contributed by atoms with E-state index in [9.17, 15) is 67.4 Å². The number of nitrogens with zero attached hydrogens (tertiary/aromatic N) is 3. The van der Waals surface area contributed by atoms with E-state index in [4.69, 9.17) is 28.4 Å². The summed E-state index contributed by atoms with van der Waals surface area (Å²) < 4.78 is 30.9. The molecule has 0 aromatic heterocycles. The van der Waals surface area contributed by atoms with E-state index in [1.807, 2.05) is 0 Å². The van der Waals surface area contributed by atoms with Crippen molar-refractivity contribution in [1.29, 1.82) is 0 Å². The molecule has 2 aliphatic heterocycles. The molecule has 27 heteroatoms. The lowest BCUT2D eigenvalue weighted by molar-refractivity contribution is -0.161. The van der Waals surface area contributed by atoms with Gasteiger partial charge in [0.2, 0.25) is 17.7 Å². The molecule has 2 aliphatic rings. The summed E-state index contributed by atoms with van der Waals surface area (Å²) in [5, 5.41) is 17.4. The second kappa shape index (κ2) is 32.0. The molecule has 6 amide bonds. The van der Waals surface area contributed by atoms with Crippen molar-refractivity contribution in [3.8, 4) is 34.5 Å². The van der Waals surface area contributed by atoms with Gasteiger partial charge in [-0.3, -0.25) is 57.5 Å². The van der Waals surface area contributed by atoms with Crippen LogP contribution in [0.1, 0.15) is 149 Å². The van der Waals surface area contributed by atoms with E-state index in [-0.39, 0.29) is 78.0 Å². The fourth-order valence-electron chi connectivity index (χ4n) is 10.2. The summed E-state index contributed by atoms with van der Waals surface area (Å²) in [7, 11) is 0. The fraction of sp³-hybridized carbons (Fsp3) is 0.413. The molecule has 6 rings (SSSR count). The number of para-hydroxylation sites is 3. The Balaban J connectivity index is 1.16. The predicted molar refractivity (Wildman–Crippen MR) is 321 cm³/mol. The van der Waals surface area contributed by atoms with Crippen LogP contribution in [0.15, 0.2) is 84.9 Å². The van der Waals surface area contributed by atoms with Gasteiger partial charge in [0.05, 0.1) is 23.2 Å². The summed E-state index contributed by atoms with van der Waals surface area (Å²) in [5.41, 5.74) is -0.0197. The van der Waals surface area contributed by atoms with Gasteiger partial charge in [0.15, 0.2) is 34.5 Å². The van der Waals surface area contributed by atoms with Crippen molar-refractivity contribution in [3.05, 3.63) is 107 Å². The van der Waals surface area contributed by atoms with Crippen LogP contribution in [0.5, 0.6) is 34.5 Å². The lowest BCUT2D eigenvalue weighted by Gasteiger charge is -2.44. The average Bonchev–Trinajstić information content (AvgIpc) is 1.55. The van der Waals surface area contributed by atoms with Crippen LogP contribution in [0.3, 0.4) is 0 Å². The molecule has 4 aromatic carbocycles. The Morgan fingerprint density at radius 2 is 0.967 bits per heavy atom. The lowest BCUT2D eigenvalue weighted by Crippen LogP contribution is -2.71. The summed E-state index contributed by atoms with van der Waals surface area (Å²) in [6.45, 7) is 9.92. The lowest BCUT2D eigenvalue weighted by atomic mass is 9.95. The molecule has 90 heavy (non-hydrogen) atoms. The van der Waals surface area contributed by atoms with Gasteiger partial charge in [-0.1, -0.05) is 74.2 Å². The van der Waals surface area contributed by atoms with Crippen molar-refractivity contribution in [1.82, 2.24) is 30.7 Å². The van der Waals surface area contributed by atoms with Gasteiger partial charge in [0, 0.05) is 72.5 Å². The molecule has 4 atom stereocenters. The van der Waals surface area contributed by atoms with Gasteiger partial charge >= 0.3 is 41.8 Å². The highest BCUT2D eigenvalue weighted by Crippen LogP contribution is 2.51. The summed E-state index contributed by atoms with van der Waals surface area (Å²) >= 11 is 1.22. The molecule has 2 saturated heterocycles. The summed E-state index contributed by atoms with van der Waals surface area (Å²) in [6, 6.07) is 17.0. The van der Waals surface area contributed by atoms with Crippen molar-refractivity contribution in [2.75, 3.05) is 32.7 Å². The molecular formula is C63H72N6O20S. The number of ether oxygens (including phenoxy) is 6. The van der Waals surface area contributed by atoms with Gasteiger partial charge < -0.3 is 64.2 Å². The fourth-order valence-corrected chi connectivity index (χ4v) is 11.8. The maximum atomic E-state index is 14.7. The molecule has 480 valence electrons. The van der Waals surface area contributed by atoms with E-state index in [0.29, 0.717) is 50.5 Å². The third-order valence-electron chi connectivity index (χ3n) is 14.0. The molecular weight excluding hydrogens is 1190 g/mol. The van der Waals surface area contributed by atoms with Crippen LogP contribution in [-0.4, -0.2) is 152 Å². The Morgan fingerprint density at radius 1 is 0.544 bits per heavy atom. The standard InChI is InChI=1S/C63H72N6O20S/c1-36(70)84-46-28-20-25-43(52(46)87-39(4)73)56(77)64-31-16-9-10-17-32-67(58(79)44-26-21-29-47(85-37(2)71)53(44)88-40(5)74)33-18-11-12-19-34-68(59(80)45-27-22-30-48(86-38(3)72)54(45)89-41(6)75)35-49(76)65-50(42-23-14-13-15-24-42)57(78)66-51-60(81)69-55(62(82)83)63(7,8)90-61(51)69/h13-15,20-30,50-51,55,61H,9-12,16-19,31-35H2,1-8H3,(H,64,77)(H,65,76)(H,66,78)(H,82,83)/t50?,51-,55+,61-/m1/s1. The molecule has 4 N–H and O–H groups in total. The maximum absolute atomic E-state index is 14.7. The number of β-lactam (4-membered cyclic amide) rings is 1. The average molecular weight is 1270 g/mol. The van der Waals surface area contributed by atoms with Gasteiger partial charge in [0.1, 0.15) is 23.5 Å². The van der Waals surface area contributed by atoms with E-state index in [0.717, 1.165) is 46.4 Å². The Bertz CT molecular complexity index is 3410. The number of nitrogens with one attached hydrogen (secondary N) is 3. The van der Waals surface area contributed by atoms with Gasteiger partial charge in [-0.2, -0.15) is 0 Å². The third kappa shape index (κ3) is 18.7. The molecule has 1 unspecified atom stereocenters. The second-order valence-corrected chi connectivity index (χ2v) is 23.3. The van der Waals surface area contributed by atoms with Gasteiger partial charge in [-0.25, -0.2) is 4.79 Å². The Kier molecular flexibility index (Phi) is 24.7. The topological polar surface area (TPSA) is 343 Å². The number of unbranched alkanes of at least 4 members (excludes halogenated alkanes) is 6. The van der Waals surface area contributed by atoms with Crippen LogP contribution >= 0.6 is 11.8 Å². The minimum Gasteiger partial charge on any atom is -0.480 e. The number of carboxylic acid groups (broad SMARTS) is 1. The van der Waals surface area contributed by atoms with Crippen molar-refractivity contribution in [2.45, 2.75) is 135 Å². The van der Waals surface area contributed by atoms with Gasteiger partial charge in [-0.05, 0) is 81.5 Å². The maximum Gasteiger partial charge on any atom is 0.327 e. The molecule has 26 nitrogen and oxygen atoms in total. The molecule has 0 aliphatic carbocycles. The number of hydrogen-bond donors (Lipinski definition) is 4. The Hall–Kier alpha value is -9.66. The third-order valence-corrected chi connectivity index (χ3v) is 15.5. The van der Waals surface area contributed by atoms with Gasteiger partial charge in [0.25, 0.3) is 17.7 Å². The normalized spacial score (nSPS) is 15.5. The number of fused-ring (bicyclic) bond motifs is 1. The minimum absolute atomic E-state index is 0.0256. The Morgan fingerprint density at radius 3 is 1.42 bits per heavy atom. The quantitative estimate of drug-likeness (QED) is 0.0205. The predicted octanol–water partition coefficient (Wildman–Crippen LogP) is 5.86. The van der Waals surface area contributed by atoms with Crippen LogP contribution in [0.25, 0.3) is 0 Å². The summed E-state index contributed by atoms with van der Waals surface area (Å²) in [4.78, 5) is 173. The zero-order valence-corrected chi connectivity index (χ0v) is 51.9. The van der Waals surface area contributed by atoms with Crippen LogP contribution in [0, 0.1) is 0 Å². The van der Waals surface area contributed by atoms with E-state index >= 15 is 0 Å². The SMILES string of the molecule is CC(=O)Oc1cccc(C(=O)NCCCCCCN(CCCCCCN(CC(=O)NC(C(=O)N[C@@H]2C(=O)N3[C@@H]2SC(C)(C)[C@@H]3C(=O)O)c2ccccc2)C(=O)c2cccc(OC(C)=O)c2OC(C)=O)C(=O)c2cccc(OC(C)=O)c2OC(C)=O)c1OC(C)=O. The first-order chi connectivity index (χ1) is 42.7. The number of rotatable bonds is 30. The second-order valence-electron chi connectivity index (χ2n) is 21.6. The first-order valence-electron chi connectivity index (χ1n) is 28.9. The first kappa shape index (κ1) is 69.4. The smallest absolute Gasteiger partial charge is 0.327 e. The minimum atomic E-state index is -1.42. The van der Waals surface area contributed by atoms with Crippen LogP contribution in [-0.2, 0) is 47.9 Å². The molecule has 0 bridgehead atoms. The highest BCUT2D eigenvalue weighted by molar-refractivity contribution is 8.01. The molecule has 0 saturated carbocycles. The first-order valence-corrected chi connectivity index (χ1v) is 29.8. The molecule has 4 aromatic rings. The zero-order chi connectivity index (χ0) is 66.0. The highest BCUT2D eigenvalue weighted by Gasteiger charge is 2.64. The molecule has 0 spiro atoms. The van der Waals surface area contributed by atoms with Crippen molar-refractivity contribution in [3.63, 3.8) is 0 Å². The number of hydrogen-bond acceptors (Lipinski definition) is 20. The number of thioether (sulfide) groups is 1. The van der Waals surface area contributed by atoms with E-state index in [2.05, 4.69) is 16.0 Å². The molecule has 0 radical (unpaired) electrons. The molecule has 2 fully saturated rings. The number of amides is 6. The van der Waals surface area contributed by atoms with Crippen LogP contribution < -0.4 is 44.4 Å². The van der Waals surface area contributed by atoms with Crippen molar-refractivity contribution in [2.24, 2.45) is 0 Å². The van der Waals surface area contributed by atoms with Crippen LogP contribution in [0.4, 0.5) is 0 Å². The van der Waals surface area contributed by atoms with Gasteiger partial charge in [-0.15, -0.1) is 11.8 Å². The number of carbonyl (C=O) groups excluding carboxylic acids is 12. The number of carbonyl (C=O) groups is 13. The van der Waals surface area contributed by atoms with E-state index < -0.39 is 118 Å². The van der Waals surface area contributed by atoms with Crippen molar-refractivity contribution < 1.29 is 95.9 Å². The summed E-state index contributed by atoms with van der Waals surface area (Å²) in [6.07, 6.45) is 3.61. The highest BCUT2D eigenvalue weighted by atomic mass is 32.2. The monoisotopic (exact) mass is 1260 g/mol. The Labute approximate surface area is 522 Å². The van der Waals surface area contributed by atoms with E-state index in [1.54, 1.807) is 49.1 Å². The van der Waals surface area contributed by atoms with Crippen LogP contribution in [0.2, 0.25) is 0 Å². The number of aliphatic carboxylic acids is 1. The zero-order valence-electron chi connectivity index (χ0n) is 51.0. The number of esters is 6. The number of carboxylic acids is 1. The molecule has 2 heterocycles. The largest absolute Gasteiger partial charge is 0.480 e. The summed E-state index contributed by atoms with van der Waals surface area (Å²) in [5.74, 6) is -11.3. The van der Waals surface area contributed by atoms with E-state index in [1.165, 1.54) is 71.3 Å².